The van der Waals surface area contributed by atoms with E-state index in [-0.39, 0.29) is 12.1 Å². The lowest BCUT2D eigenvalue weighted by Gasteiger charge is -2.35. The lowest BCUT2D eigenvalue weighted by atomic mass is 10.1. The number of nitrogens with zero attached hydrogens (tertiary/aromatic N) is 4. The second-order valence-electron chi connectivity index (χ2n) is 6.61. The zero-order chi connectivity index (χ0) is 18.6. The van der Waals surface area contributed by atoms with Crippen LogP contribution in [0.4, 0.5) is 10.6 Å². The third-order valence-corrected chi connectivity index (χ3v) is 4.85. The van der Waals surface area contributed by atoms with Crippen LogP contribution in [0.15, 0.2) is 36.8 Å². The van der Waals surface area contributed by atoms with Gasteiger partial charge in [-0.15, -0.1) is 0 Å². The van der Waals surface area contributed by atoms with Gasteiger partial charge in [0.05, 0.1) is 12.2 Å². The van der Waals surface area contributed by atoms with Crippen molar-refractivity contribution in [2.24, 2.45) is 0 Å². The van der Waals surface area contributed by atoms with Gasteiger partial charge in [-0.3, -0.25) is 4.98 Å². The van der Waals surface area contributed by atoms with E-state index >= 15 is 0 Å². The number of amides is 2. The van der Waals surface area contributed by atoms with E-state index in [9.17, 15) is 4.79 Å². The Labute approximate surface area is 158 Å². The van der Waals surface area contributed by atoms with Gasteiger partial charge in [-0.2, -0.15) is 0 Å². The standard InChI is InChI=1S/C19H23N5O3/c1-14(15-2-3-16-17(12-15)27-11-10-26-16)22-19(25)24-8-6-23(7-9-24)18-13-20-4-5-21-18/h2-5,12-14H,6-11H2,1H3,(H,22,25). The Bertz CT molecular complexity index is 793. The summed E-state index contributed by atoms with van der Waals surface area (Å²) in [4.78, 5) is 25.0. The van der Waals surface area contributed by atoms with Crippen molar-refractivity contribution in [1.29, 1.82) is 0 Å². The fourth-order valence-corrected chi connectivity index (χ4v) is 3.28. The molecule has 2 aliphatic rings. The van der Waals surface area contributed by atoms with Crippen LogP contribution in [0.25, 0.3) is 0 Å². The lowest BCUT2D eigenvalue weighted by Crippen LogP contribution is -2.52. The minimum Gasteiger partial charge on any atom is -0.486 e. The molecule has 2 aromatic rings. The molecule has 1 atom stereocenters. The topological polar surface area (TPSA) is 79.8 Å². The quantitative estimate of drug-likeness (QED) is 0.889. The minimum absolute atomic E-state index is 0.0591. The summed E-state index contributed by atoms with van der Waals surface area (Å²) in [6, 6.07) is 5.62. The second kappa shape index (κ2) is 7.69. The van der Waals surface area contributed by atoms with Crippen LogP contribution in [0.2, 0.25) is 0 Å². The Kier molecular flexibility index (Phi) is 4.95. The van der Waals surface area contributed by atoms with Gasteiger partial charge in [0, 0.05) is 38.6 Å². The van der Waals surface area contributed by atoms with E-state index < -0.39 is 0 Å². The molecule has 0 aliphatic carbocycles. The van der Waals surface area contributed by atoms with Crippen LogP contribution in [0.5, 0.6) is 11.5 Å². The van der Waals surface area contributed by atoms with Crippen LogP contribution in [0, 0.1) is 0 Å². The van der Waals surface area contributed by atoms with E-state index in [1.807, 2.05) is 30.0 Å². The molecule has 1 saturated heterocycles. The van der Waals surface area contributed by atoms with Crippen molar-refractivity contribution in [3.8, 4) is 11.5 Å². The molecule has 2 aliphatic heterocycles. The van der Waals surface area contributed by atoms with Crippen LogP contribution in [-0.2, 0) is 0 Å². The average molecular weight is 369 g/mol. The average Bonchev–Trinajstić information content (AvgIpc) is 2.74. The number of nitrogens with one attached hydrogen (secondary N) is 1. The van der Waals surface area contributed by atoms with Crippen molar-refractivity contribution in [1.82, 2.24) is 20.2 Å². The number of rotatable bonds is 3. The Hall–Kier alpha value is -3.03. The highest BCUT2D eigenvalue weighted by Gasteiger charge is 2.23. The molecule has 0 saturated carbocycles. The maximum Gasteiger partial charge on any atom is 0.317 e. The smallest absolute Gasteiger partial charge is 0.317 e. The van der Waals surface area contributed by atoms with E-state index in [1.165, 1.54) is 0 Å². The summed E-state index contributed by atoms with van der Waals surface area (Å²) in [6.45, 7) is 5.87. The van der Waals surface area contributed by atoms with Crippen LogP contribution >= 0.6 is 0 Å². The summed E-state index contributed by atoms with van der Waals surface area (Å²) in [5.41, 5.74) is 0.991. The summed E-state index contributed by atoms with van der Waals surface area (Å²) in [5, 5.41) is 3.07. The molecule has 0 bridgehead atoms. The Morgan fingerprint density at radius 2 is 1.89 bits per heavy atom. The van der Waals surface area contributed by atoms with E-state index in [2.05, 4.69) is 20.2 Å². The van der Waals surface area contributed by atoms with Crippen molar-refractivity contribution in [2.45, 2.75) is 13.0 Å². The van der Waals surface area contributed by atoms with Gasteiger partial charge in [0.15, 0.2) is 11.5 Å². The number of aromatic nitrogens is 2. The number of fused-ring (bicyclic) bond motifs is 1. The number of hydrogen-bond donors (Lipinski definition) is 1. The molecule has 0 radical (unpaired) electrons. The number of piperazine rings is 1. The molecule has 2 amide bonds. The predicted octanol–water partition coefficient (Wildman–Crippen LogP) is 1.84. The van der Waals surface area contributed by atoms with Crippen molar-refractivity contribution in [3.05, 3.63) is 42.4 Å². The van der Waals surface area contributed by atoms with E-state index in [0.717, 1.165) is 36.0 Å². The molecule has 0 spiro atoms. The lowest BCUT2D eigenvalue weighted by molar-refractivity contribution is 0.171. The van der Waals surface area contributed by atoms with Gasteiger partial charge in [0.1, 0.15) is 19.0 Å². The number of benzene rings is 1. The monoisotopic (exact) mass is 369 g/mol. The molecule has 1 fully saturated rings. The van der Waals surface area contributed by atoms with Crippen LogP contribution in [0.3, 0.4) is 0 Å². The molecule has 8 nitrogen and oxygen atoms in total. The maximum atomic E-state index is 12.6. The first kappa shape index (κ1) is 17.4. The molecule has 1 N–H and O–H groups in total. The Balaban J connectivity index is 1.33. The summed E-state index contributed by atoms with van der Waals surface area (Å²) in [5.74, 6) is 2.34. The first-order valence-electron chi connectivity index (χ1n) is 9.16. The number of anilines is 1. The molecule has 3 heterocycles. The van der Waals surface area contributed by atoms with Gasteiger partial charge in [0.25, 0.3) is 0 Å². The zero-order valence-corrected chi connectivity index (χ0v) is 15.3. The largest absolute Gasteiger partial charge is 0.486 e. The van der Waals surface area contributed by atoms with Crippen LogP contribution in [0.1, 0.15) is 18.5 Å². The first-order valence-corrected chi connectivity index (χ1v) is 9.16. The maximum absolute atomic E-state index is 12.6. The third kappa shape index (κ3) is 3.89. The van der Waals surface area contributed by atoms with Gasteiger partial charge in [-0.25, -0.2) is 9.78 Å². The summed E-state index contributed by atoms with van der Waals surface area (Å²) in [7, 11) is 0. The molecule has 27 heavy (non-hydrogen) atoms. The number of ether oxygens (including phenoxy) is 2. The number of carbonyl (C=O) groups excluding carboxylic acids is 1. The molecule has 4 rings (SSSR count). The molecule has 142 valence electrons. The number of carbonyl (C=O) groups is 1. The SMILES string of the molecule is CC(NC(=O)N1CCN(c2cnccn2)CC1)c1ccc2c(c1)OCCO2. The van der Waals surface area contributed by atoms with Crippen molar-refractivity contribution in [2.75, 3.05) is 44.3 Å². The minimum atomic E-state index is -0.119. The molecule has 1 aromatic heterocycles. The highest BCUT2D eigenvalue weighted by molar-refractivity contribution is 5.75. The van der Waals surface area contributed by atoms with E-state index in [0.29, 0.717) is 26.3 Å². The van der Waals surface area contributed by atoms with Gasteiger partial charge < -0.3 is 24.6 Å². The number of hydrogen-bond acceptors (Lipinski definition) is 6. The number of urea groups is 1. The fraction of sp³-hybridized carbons (Fsp3) is 0.421. The zero-order valence-electron chi connectivity index (χ0n) is 15.3. The van der Waals surface area contributed by atoms with E-state index in [4.69, 9.17) is 9.47 Å². The van der Waals surface area contributed by atoms with Crippen molar-refractivity contribution < 1.29 is 14.3 Å². The van der Waals surface area contributed by atoms with Crippen molar-refractivity contribution in [3.63, 3.8) is 0 Å². The second-order valence-corrected chi connectivity index (χ2v) is 6.61. The molecule has 1 unspecified atom stereocenters. The highest BCUT2D eigenvalue weighted by Crippen LogP contribution is 2.32. The van der Waals surface area contributed by atoms with Gasteiger partial charge in [0.2, 0.25) is 0 Å². The molecular weight excluding hydrogens is 346 g/mol. The fourth-order valence-electron chi connectivity index (χ4n) is 3.28. The summed E-state index contributed by atoms with van der Waals surface area (Å²) in [6.07, 6.45) is 5.09. The van der Waals surface area contributed by atoms with Crippen LogP contribution < -0.4 is 19.7 Å². The molecule has 8 heteroatoms. The molecule has 1 aromatic carbocycles. The predicted molar refractivity (Wildman–Crippen MR) is 100 cm³/mol. The van der Waals surface area contributed by atoms with Gasteiger partial charge in [-0.1, -0.05) is 6.07 Å². The Morgan fingerprint density at radius 3 is 2.63 bits per heavy atom. The normalized spacial score (nSPS) is 17.4. The summed E-state index contributed by atoms with van der Waals surface area (Å²) >= 11 is 0. The third-order valence-electron chi connectivity index (χ3n) is 4.85. The van der Waals surface area contributed by atoms with Crippen LogP contribution in [-0.4, -0.2) is 60.3 Å². The van der Waals surface area contributed by atoms with Crippen molar-refractivity contribution >= 4 is 11.8 Å². The Morgan fingerprint density at radius 1 is 1.11 bits per heavy atom. The molecular formula is C19H23N5O3. The highest BCUT2D eigenvalue weighted by atomic mass is 16.6. The van der Waals surface area contributed by atoms with Gasteiger partial charge in [-0.05, 0) is 24.6 Å². The van der Waals surface area contributed by atoms with E-state index in [1.54, 1.807) is 18.6 Å². The van der Waals surface area contributed by atoms with Gasteiger partial charge >= 0.3 is 6.03 Å². The summed E-state index contributed by atoms with van der Waals surface area (Å²) < 4.78 is 11.2. The first-order chi connectivity index (χ1) is 13.2.